The Hall–Kier alpha value is -4.91. The number of H-pyrrole nitrogens is 1. The average Bonchev–Trinajstić information content (AvgIpc) is 3.45. The van der Waals surface area contributed by atoms with Crippen LogP contribution >= 0.6 is 0 Å². The molecule has 13 heteroatoms. The van der Waals surface area contributed by atoms with Crippen molar-refractivity contribution in [2.75, 3.05) is 53.6 Å². The van der Waals surface area contributed by atoms with E-state index in [1.54, 1.807) is 7.11 Å². The third kappa shape index (κ3) is 6.71. The molecule has 0 radical (unpaired) electrons. The zero-order valence-electron chi connectivity index (χ0n) is 29.3. The van der Waals surface area contributed by atoms with Gasteiger partial charge >= 0.3 is 0 Å². The summed E-state index contributed by atoms with van der Waals surface area (Å²) in [6.45, 7) is 12.9. The molecule has 3 aliphatic heterocycles. The number of allylic oxidation sites excluding steroid dienone is 2. The number of nitroso groups, excluding NO2 is 1. The summed E-state index contributed by atoms with van der Waals surface area (Å²) in [4.78, 5) is 42.7. The van der Waals surface area contributed by atoms with Crippen LogP contribution < -0.4 is 19.5 Å². The van der Waals surface area contributed by atoms with E-state index >= 15 is 0 Å². The molecule has 6 rings (SSSR count). The van der Waals surface area contributed by atoms with Crippen LogP contribution in [0.4, 0.5) is 5.82 Å². The molecule has 1 saturated heterocycles. The molecule has 4 heterocycles. The van der Waals surface area contributed by atoms with Crippen molar-refractivity contribution in [3.05, 3.63) is 57.2 Å². The Bertz CT molecular complexity index is 1850. The standard InChI is InChI=1S/C36H45N7O6/c1-20(2)41-49-22(4)21(3)27-18-29-28(19-30(27)46-7)31-32(42(6)23(5)38-35(31)40-29)25-8-9-26(34-33(25)47-16-17-48-34)36(44)39-24-10-13-43(14-11-24)15-12-37-45/h8-9,18-19,24,32,40H,10-17H2,1-7H3,(H,39,44)/b22-21+. The van der Waals surface area contributed by atoms with E-state index in [-0.39, 0.29) is 24.5 Å². The smallest absolute Gasteiger partial charge is 0.255 e. The SMILES string of the molecule is COc1cc2c3c([nH]c2cc1/C(C)=C(\C)ON=C(C)C)N=C(C)N(C)C3c1ccc(C(=O)NC2CCN(CCN=O)CC2)c2c1OCCO2. The molecule has 1 atom stereocenters. The van der Waals surface area contributed by atoms with Gasteiger partial charge in [0.2, 0.25) is 0 Å². The fourth-order valence-corrected chi connectivity index (χ4v) is 6.76. The zero-order valence-corrected chi connectivity index (χ0v) is 29.3. The van der Waals surface area contributed by atoms with Crippen LogP contribution in [-0.2, 0) is 4.84 Å². The van der Waals surface area contributed by atoms with E-state index in [1.165, 1.54) is 0 Å². The molecule has 1 amide bonds. The second-order valence-corrected chi connectivity index (χ2v) is 13.0. The third-order valence-corrected chi connectivity index (χ3v) is 9.57. The molecule has 1 fully saturated rings. The molecule has 0 spiro atoms. The van der Waals surface area contributed by atoms with E-state index in [0.29, 0.717) is 48.3 Å². The van der Waals surface area contributed by atoms with Gasteiger partial charge in [-0.25, -0.2) is 4.99 Å². The highest BCUT2D eigenvalue weighted by atomic mass is 16.6. The summed E-state index contributed by atoms with van der Waals surface area (Å²) in [5.74, 6) is 3.76. The van der Waals surface area contributed by atoms with Crippen molar-refractivity contribution in [1.29, 1.82) is 0 Å². The number of piperidine rings is 1. The topological polar surface area (TPSA) is 142 Å². The van der Waals surface area contributed by atoms with Crippen LogP contribution in [0.1, 0.15) is 80.6 Å². The number of carbonyl (C=O) groups is 1. The number of nitrogens with zero attached hydrogens (tertiary/aromatic N) is 5. The summed E-state index contributed by atoms with van der Waals surface area (Å²) >= 11 is 0. The Morgan fingerprint density at radius 2 is 1.82 bits per heavy atom. The van der Waals surface area contributed by atoms with Crippen LogP contribution in [0.15, 0.2) is 45.3 Å². The molecule has 2 aromatic carbocycles. The number of nitrogens with one attached hydrogen (secondary N) is 2. The molecule has 3 aliphatic rings. The maximum absolute atomic E-state index is 13.7. The van der Waals surface area contributed by atoms with Crippen LogP contribution in [0.2, 0.25) is 0 Å². The van der Waals surface area contributed by atoms with E-state index in [2.05, 4.69) is 36.5 Å². The number of fused-ring (bicyclic) bond motifs is 4. The van der Waals surface area contributed by atoms with E-state index in [1.807, 2.05) is 59.9 Å². The molecule has 13 nitrogen and oxygen atoms in total. The Labute approximate surface area is 286 Å². The Balaban J connectivity index is 1.37. The molecule has 0 aliphatic carbocycles. The summed E-state index contributed by atoms with van der Waals surface area (Å²) in [5, 5.41) is 11.3. The van der Waals surface area contributed by atoms with Crippen molar-refractivity contribution in [2.24, 2.45) is 15.3 Å². The number of likely N-dealkylation sites (tertiary alicyclic amines) is 1. The monoisotopic (exact) mass is 671 g/mol. The molecule has 2 N–H and O–H groups in total. The van der Waals surface area contributed by atoms with Gasteiger partial charge in [-0.3, -0.25) is 4.79 Å². The van der Waals surface area contributed by atoms with Gasteiger partial charge in [0.05, 0.1) is 31.0 Å². The van der Waals surface area contributed by atoms with Gasteiger partial charge in [-0.2, -0.15) is 4.91 Å². The van der Waals surface area contributed by atoms with Crippen LogP contribution in [0, 0.1) is 4.91 Å². The number of hydrogen-bond acceptors (Lipinski definition) is 11. The van der Waals surface area contributed by atoms with Crippen LogP contribution in [0.3, 0.4) is 0 Å². The van der Waals surface area contributed by atoms with Gasteiger partial charge in [-0.1, -0.05) is 16.4 Å². The lowest BCUT2D eigenvalue weighted by molar-refractivity contribution is 0.0900. The number of ether oxygens (including phenoxy) is 3. The highest BCUT2D eigenvalue weighted by Gasteiger charge is 2.36. The molecule has 49 heavy (non-hydrogen) atoms. The number of aliphatic imine (C=N–C) groups is 1. The average molecular weight is 672 g/mol. The summed E-state index contributed by atoms with van der Waals surface area (Å²) in [5.41, 5.74) is 5.80. The molecule has 0 bridgehead atoms. The van der Waals surface area contributed by atoms with Crippen molar-refractivity contribution in [2.45, 2.75) is 59.5 Å². The zero-order chi connectivity index (χ0) is 34.8. The Morgan fingerprint density at radius 1 is 1.08 bits per heavy atom. The highest BCUT2D eigenvalue weighted by Crippen LogP contribution is 2.50. The lowest BCUT2D eigenvalue weighted by Crippen LogP contribution is -2.45. The van der Waals surface area contributed by atoms with Gasteiger partial charge in [-0.15, -0.1) is 0 Å². The van der Waals surface area contributed by atoms with Crippen molar-refractivity contribution in [3.63, 3.8) is 0 Å². The minimum atomic E-state index is -0.293. The van der Waals surface area contributed by atoms with E-state index < -0.39 is 0 Å². The third-order valence-electron chi connectivity index (χ3n) is 9.57. The second-order valence-electron chi connectivity index (χ2n) is 13.0. The lowest BCUT2D eigenvalue weighted by Gasteiger charge is -2.36. The molecule has 1 aromatic heterocycles. The van der Waals surface area contributed by atoms with Gasteiger partial charge in [-0.05, 0) is 65.7 Å². The number of amides is 1. The molecule has 0 saturated carbocycles. The number of aromatic nitrogens is 1. The first kappa shape index (κ1) is 34.0. The minimum absolute atomic E-state index is 0.0297. The number of oxime groups is 1. The van der Waals surface area contributed by atoms with Crippen LogP contribution in [0.25, 0.3) is 16.5 Å². The normalized spacial score (nSPS) is 18.3. The van der Waals surface area contributed by atoms with Crippen molar-refractivity contribution in [1.82, 2.24) is 20.1 Å². The highest BCUT2D eigenvalue weighted by molar-refractivity contribution is 6.00. The number of carbonyl (C=O) groups excluding carboxylic acids is 1. The van der Waals surface area contributed by atoms with Gasteiger partial charge in [0.1, 0.15) is 36.4 Å². The number of hydrogen-bond donors (Lipinski definition) is 2. The van der Waals surface area contributed by atoms with Crippen LogP contribution in [0.5, 0.6) is 17.2 Å². The first-order chi connectivity index (χ1) is 23.6. The Kier molecular flexibility index (Phi) is 9.91. The summed E-state index contributed by atoms with van der Waals surface area (Å²) in [6, 6.07) is 7.64. The van der Waals surface area contributed by atoms with E-state index in [0.717, 1.165) is 76.5 Å². The first-order valence-corrected chi connectivity index (χ1v) is 16.7. The van der Waals surface area contributed by atoms with Crippen molar-refractivity contribution >= 4 is 39.7 Å². The molecular formula is C36H45N7O6. The molecule has 1 unspecified atom stereocenters. The van der Waals surface area contributed by atoms with Gasteiger partial charge in [0, 0.05) is 65.9 Å². The Morgan fingerprint density at radius 3 is 2.51 bits per heavy atom. The van der Waals surface area contributed by atoms with Gasteiger partial charge < -0.3 is 39.1 Å². The predicted molar refractivity (Wildman–Crippen MR) is 190 cm³/mol. The molecule has 260 valence electrons. The van der Waals surface area contributed by atoms with Crippen molar-refractivity contribution in [3.8, 4) is 17.2 Å². The van der Waals surface area contributed by atoms with E-state index in [4.69, 9.17) is 24.0 Å². The number of aromatic amines is 1. The van der Waals surface area contributed by atoms with Crippen molar-refractivity contribution < 1.29 is 23.8 Å². The minimum Gasteiger partial charge on any atom is -0.496 e. The number of rotatable bonds is 10. The second kappa shape index (κ2) is 14.3. The summed E-state index contributed by atoms with van der Waals surface area (Å²) in [6.07, 6.45) is 1.60. The fraction of sp³-hybridized carbons (Fsp3) is 0.472. The largest absolute Gasteiger partial charge is 0.496 e. The molecule has 3 aromatic rings. The maximum atomic E-state index is 13.7. The lowest BCUT2D eigenvalue weighted by atomic mass is 9.91. The maximum Gasteiger partial charge on any atom is 0.255 e. The number of methoxy groups -OCH3 is 1. The number of benzene rings is 2. The summed E-state index contributed by atoms with van der Waals surface area (Å²) in [7, 11) is 3.67. The fourth-order valence-electron chi connectivity index (χ4n) is 6.76. The first-order valence-electron chi connectivity index (χ1n) is 16.7. The van der Waals surface area contributed by atoms with Gasteiger partial charge in [0.15, 0.2) is 11.5 Å². The summed E-state index contributed by atoms with van der Waals surface area (Å²) < 4.78 is 18.4. The number of amidine groups is 1. The predicted octanol–water partition coefficient (Wildman–Crippen LogP) is 6.16. The molecular weight excluding hydrogens is 626 g/mol. The van der Waals surface area contributed by atoms with Gasteiger partial charge in [0.25, 0.3) is 5.91 Å². The van der Waals surface area contributed by atoms with Crippen LogP contribution in [-0.4, -0.2) is 91.8 Å². The van der Waals surface area contributed by atoms with E-state index in [9.17, 15) is 9.70 Å². The quantitative estimate of drug-likeness (QED) is 0.113.